The first-order valence-corrected chi connectivity index (χ1v) is 5.23. The van der Waals surface area contributed by atoms with Crippen molar-refractivity contribution in [2.45, 2.75) is 25.9 Å². The van der Waals surface area contributed by atoms with E-state index in [0.717, 1.165) is 0 Å². The number of furan rings is 1. The van der Waals surface area contributed by atoms with Gasteiger partial charge in [0.15, 0.2) is 11.5 Å². The lowest BCUT2D eigenvalue weighted by atomic mass is 10.1. The van der Waals surface area contributed by atoms with Crippen LogP contribution in [-0.2, 0) is 4.74 Å². The largest absolute Gasteiger partial charge is 0.460 e. The second-order valence-electron chi connectivity index (χ2n) is 3.11. The second kappa shape index (κ2) is 5.32. The number of carbonyl (C=O) groups is 1. The topological polar surface area (TPSA) is 39.4 Å². The maximum absolute atomic E-state index is 11.6. The van der Waals surface area contributed by atoms with Gasteiger partial charge >= 0.3 is 0 Å². The van der Waals surface area contributed by atoms with Crippen molar-refractivity contribution in [3.8, 4) is 0 Å². The third-order valence-electron chi connectivity index (χ3n) is 2.05. The molecule has 0 N–H and O–H groups in total. The number of ether oxygens (including phenoxy) is 1. The average molecular weight is 261 g/mol. The summed E-state index contributed by atoms with van der Waals surface area (Å²) in [6, 6.07) is 1.72. The van der Waals surface area contributed by atoms with Crippen LogP contribution in [-0.4, -0.2) is 19.0 Å². The fourth-order valence-corrected chi connectivity index (χ4v) is 1.48. The van der Waals surface area contributed by atoms with Gasteiger partial charge in [-0.3, -0.25) is 4.79 Å². The van der Waals surface area contributed by atoms with Crippen LogP contribution >= 0.6 is 15.9 Å². The van der Waals surface area contributed by atoms with Gasteiger partial charge in [-0.2, -0.15) is 0 Å². The van der Waals surface area contributed by atoms with Crippen LogP contribution in [0.3, 0.4) is 0 Å². The zero-order valence-electron chi connectivity index (χ0n) is 8.25. The van der Waals surface area contributed by atoms with Gasteiger partial charge in [0, 0.05) is 13.5 Å². The van der Waals surface area contributed by atoms with Crippen LogP contribution in [0.2, 0.25) is 0 Å². The summed E-state index contributed by atoms with van der Waals surface area (Å²) in [6.45, 7) is 1.93. The minimum Gasteiger partial charge on any atom is -0.460 e. The Morgan fingerprint density at radius 3 is 2.93 bits per heavy atom. The molecule has 1 heterocycles. The van der Waals surface area contributed by atoms with E-state index in [4.69, 9.17) is 9.15 Å². The van der Waals surface area contributed by atoms with E-state index in [1.165, 1.54) is 6.26 Å². The van der Waals surface area contributed by atoms with Gasteiger partial charge in [0.05, 0.1) is 16.8 Å². The Kier molecular flexibility index (Phi) is 4.35. The molecule has 1 aromatic rings. The van der Waals surface area contributed by atoms with E-state index in [2.05, 4.69) is 15.9 Å². The normalized spacial score (nSPS) is 12.8. The molecule has 0 saturated carbocycles. The van der Waals surface area contributed by atoms with Gasteiger partial charge in [0.25, 0.3) is 0 Å². The first-order chi connectivity index (χ1) is 6.65. The Morgan fingerprint density at radius 1 is 1.71 bits per heavy atom. The summed E-state index contributed by atoms with van der Waals surface area (Å²) in [4.78, 5) is 11.6. The molecule has 0 amide bonds. The van der Waals surface area contributed by atoms with E-state index in [9.17, 15) is 4.79 Å². The molecule has 1 atom stereocenters. The zero-order valence-corrected chi connectivity index (χ0v) is 9.83. The molecule has 1 aromatic heterocycles. The van der Waals surface area contributed by atoms with Crippen molar-refractivity contribution in [3.63, 3.8) is 0 Å². The Morgan fingerprint density at radius 2 is 2.43 bits per heavy atom. The molecule has 0 aromatic carbocycles. The van der Waals surface area contributed by atoms with Crippen LogP contribution in [0, 0.1) is 0 Å². The summed E-state index contributed by atoms with van der Waals surface area (Å²) in [5.74, 6) is 0.402. The van der Waals surface area contributed by atoms with Crippen LogP contribution < -0.4 is 0 Å². The Labute approximate surface area is 91.6 Å². The van der Waals surface area contributed by atoms with Crippen molar-refractivity contribution < 1.29 is 13.9 Å². The second-order valence-corrected chi connectivity index (χ2v) is 3.96. The molecule has 0 radical (unpaired) electrons. The summed E-state index contributed by atoms with van der Waals surface area (Å²) in [6.07, 6.45) is 2.76. The lowest BCUT2D eigenvalue weighted by molar-refractivity contribution is 0.0856. The summed E-state index contributed by atoms with van der Waals surface area (Å²) < 4.78 is 10.8. The summed E-state index contributed by atoms with van der Waals surface area (Å²) in [5, 5.41) is 0. The molecule has 0 fully saturated rings. The van der Waals surface area contributed by atoms with Crippen LogP contribution in [0.15, 0.2) is 21.2 Å². The molecule has 0 aliphatic rings. The third-order valence-corrected chi connectivity index (χ3v) is 2.68. The molecule has 3 nitrogen and oxygen atoms in total. The molecule has 0 saturated heterocycles. The van der Waals surface area contributed by atoms with Crippen LogP contribution in [0.25, 0.3) is 0 Å². The van der Waals surface area contributed by atoms with Crippen molar-refractivity contribution >= 4 is 21.7 Å². The number of carbonyl (C=O) groups excluding carboxylic acids is 1. The molecule has 0 spiro atoms. The molecular weight excluding hydrogens is 248 g/mol. The number of halogens is 1. The van der Waals surface area contributed by atoms with Crippen LogP contribution in [0.5, 0.6) is 0 Å². The number of hydrogen-bond acceptors (Lipinski definition) is 3. The maximum Gasteiger partial charge on any atom is 0.199 e. The first-order valence-electron chi connectivity index (χ1n) is 4.44. The highest BCUT2D eigenvalue weighted by Gasteiger charge is 2.14. The maximum atomic E-state index is 11.6. The Hall–Kier alpha value is -0.610. The first kappa shape index (κ1) is 11.5. The van der Waals surface area contributed by atoms with E-state index in [1.807, 2.05) is 6.92 Å². The number of methoxy groups -OCH3 is 1. The SMILES string of the molecule is COC(C)CCC(=O)c1occc1Br. The van der Waals surface area contributed by atoms with Crippen molar-refractivity contribution in [2.24, 2.45) is 0 Å². The van der Waals surface area contributed by atoms with E-state index in [-0.39, 0.29) is 11.9 Å². The van der Waals surface area contributed by atoms with Gasteiger partial charge in [-0.15, -0.1) is 0 Å². The zero-order chi connectivity index (χ0) is 10.6. The summed E-state index contributed by atoms with van der Waals surface area (Å²) in [5.41, 5.74) is 0. The Balaban J connectivity index is 2.47. The van der Waals surface area contributed by atoms with E-state index in [1.54, 1.807) is 13.2 Å². The monoisotopic (exact) mass is 260 g/mol. The van der Waals surface area contributed by atoms with Crippen molar-refractivity contribution in [3.05, 3.63) is 22.6 Å². The van der Waals surface area contributed by atoms with Gasteiger partial charge in [-0.25, -0.2) is 0 Å². The highest BCUT2D eigenvalue weighted by Crippen LogP contribution is 2.20. The molecule has 4 heteroatoms. The number of rotatable bonds is 5. The minimum atomic E-state index is 0.00535. The van der Waals surface area contributed by atoms with Crippen LogP contribution in [0.1, 0.15) is 30.3 Å². The predicted octanol–water partition coefficient (Wildman–Crippen LogP) is 3.04. The molecule has 0 bridgehead atoms. The van der Waals surface area contributed by atoms with Crippen molar-refractivity contribution in [2.75, 3.05) is 7.11 Å². The van der Waals surface area contributed by atoms with E-state index in [0.29, 0.717) is 23.1 Å². The molecule has 0 aliphatic heterocycles. The molecule has 78 valence electrons. The van der Waals surface area contributed by atoms with Gasteiger partial charge in [-0.05, 0) is 35.3 Å². The van der Waals surface area contributed by atoms with Crippen LogP contribution in [0.4, 0.5) is 0 Å². The number of Topliss-reactive ketones (excluding diaryl/α,β-unsaturated/α-hetero) is 1. The smallest absolute Gasteiger partial charge is 0.199 e. The highest BCUT2D eigenvalue weighted by atomic mass is 79.9. The molecule has 14 heavy (non-hydrogen) atoms. The van der Waals surface area contributed by atoms with Gasteiger partial charge in [0.2, 0.25) is 0 Å². The molecular formula is C10H13BrO3. The summed E-state index contributed by atoms with van der Waals surface area (Å²) in [7, 11) is 1.64. The average Bonchev–Trinajstić information content (AvgIpc) is 2.60. The molecule has 0 aliphatic carbocycles. The van der Waals surface area contributed by atoms with E-state index >= 15 is 0 Å². The third kappa shape index (κ3) is 2.96. The minimum absolute atomic E-state index is 0.00535. The van der Waals surface area contributed by atoms with Gasteiger partial charge in [0.1, 0.15) is 0 Å². The number of hydrogen-bond donors (Lipinski definition) is 0. The standard InChI is InChI=1S/C10H13BrO3/c1-7(13-2)3-4-9(12)10-8(11)5-6-14-10/h5-7H,3-4H2,1-2H3. The van der Waals surface area contributed by atoms with Crippen molar-refractivity contribution in [1.29, 1.82) is 0 Å². The number of ketones is 1. The van der Waals surface area contributed by atoms with Gasteiger partial charge in [-0.1, -0.05) is 0 Å². The summed E-state index contributed by atoms with van der Waals surface area (Å²) >= 11 is 3.25. The quantitative estimate of drug-likeness (QED) is 0.765. The Bertz CT molecular complexity index is 306. The fourth-order valence-electron chi connectivity index (χ4n) is 1.06. The van der Waals surface area contributed by atoms with Gasteiger partial charge < -0.3 is 9.15 Å². The highest BCUT2D eigenvalue weighted by molar-refractivity contribution is 9.10. The lowest BCUT2D eigenvalue weighted by Crippen LogP contribution is -2.08. The molecule has 1 rings (SSSR count). The lowest BCUT2D eigenvalue weighted by Gasteiger charge is -2.06. The molecule has 1 unspecified atom stereocenters. The predicted molar refractivity (Wildman–Crippen MR) is 56.4 cm³/mol. The van der Waals surface area contributed by atoms with E-state index < -0.39 is 0 Å². The fraction of sp³-hybridized carbons (Fsp3) is 0.500. The van der Waals surface area contributed by atoms with Crippen molar-refractivity contribution in [1.82, 2.24) is 0 Å².